The molecule has 0 aliphatic carbocycles. The van der Waals surface area contributed by atoms with E-state index in [4.69, 9.17) is 11.5 Å². The van der Waals surface area contributed by atoms with Crippen molar-refractivity contribution in [3.63, 3.8) is 0 Å². The van der Waals surface area contributed by atoms with Gasteiger partial charge in [-0.2, -0.15) is 0 Å². The molecule has 0 saturated heterocycles. The van der Waals surface area contributed by atoms with Crippen LogP contribution in [-0.2, 0) is 54.4 Å². The van der Waals surface area contributed by atoms with E-state index in [1.165, 1.54) is 6.92 Å². The minimum Gasteiger partial charge on any atom is -0.480 e. The lowest BCUT2D eigenvalue weighted by atomic mass is 9.95. The van der Waals surface area contributed by atoms with Crippen molar-refractivity contribution in [2.75, 3.05) is 6.54 Å². The topological polar surface area (TPSA) is 327 Å². The predicted molar refractivity (Wildman–Crippen MR) is 209 cm³/mol. The predicted octanol–water partition coefficient (Wildman–Crippen LogP) is -2.37. The van der Waals surface area contributed by atoms with Crippen LogP contribution in [0.1, 0.15) is 66.9 Å². The van der Waals surface area contributed by atoms with Gasteiger partial charge in [-0.3, -0.25) is 43.2 Å². The Bertz CT molecular complexity index is 1680. The molecule has 12 N–H and O–H groups in total. The zero-order valence-electron chi connectivity index (χ0n) is 33.8. The number of benzene rings is 1. The van der Waals surface area contributed by atoms with E-state index in [9.17, 15) is 53.1 Å². The number of aliphatic carboxylic acids is 1. The first-order valence-corrected chi connectivity index (χ1v) is 18.7. The highest BCUT2D eigenvalue weighted by molar-refractivity contribution is 6.01. The molecule has 9 amide bonds. The summed E-state index contributed by atoms with van der Waals surface area (Å²) < 4.78 is 0. The molecule has 1 aromatic rings. The lowest BCUT2D eigenvalue weighted by Crippen LogP contribution is -2.61. The highest BCUT2D eigenvalue weighted by atomic mass is 16.4. The second-order valence-electron chi connectivity index (χ2n) is 14.4. The molecule has 0 bridgehead atoms. The first-order chi connectivity index (χ1) is 27.1. The zero-order valence-corrected chi connectivity index (χ0v) is 33.8. The lowest BCUT2D eigenvalue weighted by molar-refractivity contribution is -0.141. The van der Waals surface area contributed by atoms with E-state index in [1.54, 1.807) is 71.9 Å². The van der Waals surface area contributed by atoms with E-state index in [1.807, 2.05) is 0 Å². The molecule has 0 aliphatic heterocycles. The fourth-order valence-corrected chi connectivity index (χ4v) is 5.27. The number of carbonyl (C=O) groups is 10. The van der Waals surface area contributed by atoms with Crippen LogP contribution in [0.4, 0.5) is 0 Å². The number of carboxylic acids is 1. The quantitative estimate of drug-likeness (QED) is 0.0492. The molecule has 320 valence electrons. The number of carbonyl (C=O) groups excluding carboxylic acids is 9. The van der Waals surface area contributed by atoms with Crippen molar-refractivity contribution in [1.82, 2.24) is 37.2 Å². The molecule has 7 atom stereocenters. The normalized spacial score (nSPS) is 14.7. The van der Waals surface area contributed by atoms with E-state index in [0.29, 0.717) is 18.1 Å². The Morgan fingerprint density at radius 2 is 1.16 bits per heavy atom. The van der Waals surface area contributed by atoms with Crippen LogP contribution in [0.25, 0.3) is 0 Å². The van der Waals surface area contributed by atoms with E-state index in [-0.39, 0.29) is 12.3 Å². The van der Waals surface area contributed by atoms with Crippen molar-refractivity contribution >= 4 is 59.1 Å². The molecular weight excluding hydrogens is 758 g/mol. The van der Waals surface area contributed by atoms with Gasteiger partial charge in [0.05, 0.1) is 13.0 Å². The Morgan fingerprint density at radius 1 is 0.638 bits per heavy atom. The van der Waals surface area contributed by atoms with Crippen molar-refractivity contribution in [1.29, 1.82) is 0 Å². The van der Waals surface area contributed by atoms with Crippen LogP contribution < -0.4 is 48.7 Å². The zero-order chi connectivity index (χ0) is 44.3. The number of carboxylic acid groups (broad SMARTS) is 1. The van der Waals surface area contributed by atoms with Gasteiger partial charge < -0.3 is 53.8 Å². The van der Waals surface area contributed by atoms with Crippen LogP contribution in [0.15, 0.2) is 42.5 Å². The van der Waals surface area contributed by atoms with E-state index >= 15 is 0 Å². The average Bonchev–Trinajstić information content (AvgIpc) is 3.14. The fourth-order valence-electron chi connectivity index (χ4n) is 5.27. The average molecular weight is 816 g/mol. The van der Waals surface area contributed by atoms with Crippen molar-refractivity contribution in [3.8, 4) is 0 Å². The molecule has 0 spiro atoms. The van der Waals surface area contributed by atoms with Gasteiger partial charge in [0.2, 0.25) is 53.2 Å². The minimum atomic E-state index is -1.60. The summed E-state index contributed by atoms with van der Waals surface area (Å²) in [4.78, 5) is 125. The number of rotatable bonds is 24. The third-order valence-corrected chi connectivity index (χ3v) is 8.83. The van der Waals surface area contributed by atoms with Crippen molar-refractivity contribution in [2.24, 2.45) is 29.2 Å². The van der Waals surface area contributed by atoms with Gasteiger partial charge in [-0.25, -0.2) is 4.79 Å². The first kappa shape index (κ1) is 49.7. The van der Waals surface area contributed by atoms with Gasteiger partial charge in [-0.1, -0.05) is 78.3 Å². The summed E-state index contributed by atoms with van der Waals surface area (Å²) in [6, 6.07) is 1.11. The van der Waals surface area contributed by atoms with Gasteiger partial charge >= 0.3 is 5.97 Å². The molecule has 0 aliphatic rings. The Labute approximate surface area is 336 Å². The van der Waals surface area contributed by atoms with Crippen molar-refractivity contribution in [2.45, 2.75) is 104 Å². The SMILES string of the molecule is CCC(C)C(NC(=O)C(CC(N)=O)NC(=O)C=CC(=O)NC(C)C(=O)NCC(=O)NC(Cc1ccccc1)C(=O)O)C(=O)NC(C(=O)NC(C(N)=O)C(C)C)C(C)C. The van der Waals surface area contributed by atoms with Gasteiger partial charge in [0, 0.05) is 18.6 Å². The molecule has 0 fully saturated rings. The molecule has 0 radical (unpaired) electrons. The lowest BCUT2D eigenvalue weighted by Gasteiger charge is -2.30. The number of primary amides is 2. The minimum absolute atomic E-state index is 0.00682. The molecule has 1 aromatic carbocycles. The molecule has 0 heterocycles. The highest BCUT2D eigenvalue weighted by Crippen LogP contribution is 2.12. The molecular formula is C38H57N9O11. The number of hydrogen-bond acceptors (Lipinski definition) is 10. The second kappa shape index (κ2) is 24.3. The Balaban J connectivity index is 2.90. The molecule has 20 nitrogen and oxygen atoms in total. The van der Waals surface area contributed by atoms with Crippen LogP contribution in [0.5, 0.6) is 0 Å². The third kappa shape index (κ3) is 17.6. The van der Waals surface area contributed by atoms with Gasteiger partial charge in [0.25, 0.3) is 0 Å². The summed E-state index contributed by atoms with van der Waals surface area (Å²) in [6.45, 7) is 10.8. The second-order valence-corrected chi connectivity index (χ2v) is 14.4. The van der Waals surface area contributed by atoms with Gasteiger partial charge in [0.15, 0.2) is 0 Å². The number of nitrogens with one attached hydrogen (secondary N) is 7. The maximum absolute atomic E-state index is 13.5. The summed E-state index contributed by atoms with van der Waals surface area (Å²) in [5.74, 6) is -10.3. The molecule has 20 heteroatoms. The van der Waals surface area contributed by atoms with Gasteiger partial charge in [0.1, 0.15) is 36.3 Å². The van der Waals surface area contributed by atoms with E-state index < -0.39 is 120 Å². The molecule has 1 rings (SSSR count). The smallest absolute Gasteiger partial charge is 0.326 e. The number of nitrogens with two attached hydrogens (primary N) is 2. The Kier molecular flexibility index (Phi) is 20.8. The third-order valence-electron chi connectivity index (χ3n) is 8.83. The van der Waals surface area contributed by atoms with E-state index in [0.717, 1.165) is 6.08 Å². The maximum atomic E-state index is 13.5. The summed E-state index contributed by atoms with van der Waals surface area (Å²) in [7, 11) is 0. The van der Waals surface area contributed by atoms with Crippen LogP contribution >= 0.6 is 0 Å². The van der Waals surface area contributed by atoms with E-state index in [2.05, 4.69) is 37.2 Å². The summed E-state index contributed by atoms with van der Waals surface area (Å²) >= 11 is 0. The fraction of sp³-hybridized carbons (Fsp3) is 0.526. The number of amides is 9. The summed E-state index contributed by atoms with van der Waals surface area (Å²) in [6.07, 6.45) is 1.14. The molecule has 0 saturated carbocycles. The Morgan fingerprint density at radius 3 is 1.66 bits per heavy atom. The van der Waals surface area contributed by atoms with Crippen LogP contribution in [0.2, 0.25) is 0 Å². The van der Waals surface area contributed by atoms with Gasteiger partial charge in [-0.05, 0) is 30.2 Å². The molecule has 0 aromatic heterocycles. The maximum Gasteiger partial charge on any atom is 0.326 e. The Hall–Kier alpha value is -6.34. The van der Waals surface area contributed by atoms with Crippen molar-refractivity contribution < 1.29 is 53.1 Å². The van der Waals surface area contributed by atoms with Crippen molar-refractivity contribution in [3.05, 3.63) is 48.0 Å². The van der Waals surface area contributed by atoms with Crippen LogP contribution in [0, 0.1) is 17.8 Å². The number of hydrogen-bond donors (Lipinski definition) is 10. The van der Waals surface area contributed by atoms with Crippen LogP contribution in [-0.4, -0.2) is 107 Å². The van der Waals surface area contributed by atoms with Gasteiger partial charge in [-0.15, -0.1) is 0 Å². The van der Waals surface area contributed by atoms with Crippen LogP contribution in [0.3, 0.4) is 0 Å². The molecule has 58 heavy (non-hydrogen) atoms. The summed E-state index contributed by atoms with van der Waals surface area (Å²) in [5.41, 5.74) is 11.4. The standard InChI is InChI=1S/C38H57N9O11/c1-8-21(6)32(37(56)46-31(20(4)5)36(55)45-30(19(2)3)33(40)52)47-35(54)24(17-26(39)48)43-28(50)15-14-27(49)42-22(7)34(53)41-18-29(51)44-25(38(57)58)16-23-12-10-9-11-13-23/h9-15,19-22,24-25,30-32H,8,16-18H2,1-7H3,(H2,39,48)(H2,40,52)(H,41,53)(H,42,49)(H,43,50)(H,44,51)(H,45,55)(H,46,56)(H,47,54)(H,57,58). The largest absolute Gasteiger partial charge is 0.480 e. The highest BCUT2D eigenvalue weighted by Gasteiger charge is 2.35. The monoisotopic (exact) mass is 815 g/mol. The molecule has 7 unspecified atom stereocenters. The first-order valence-electron chi connectivity index (χ1n) is 18.7. The summed E-state index contributed by atoms with van der Waals surface area (Å²) in [5, 5.41) is 26.2.